The van der Waals surface area contributed by atoms with Crippen LogP contribution in [0.25, 0.3) is 11.1 Å². The molecule has 2 aromatic heterocycles. The van der Waals surface area contributed by atoms with Crippen molar-refractivity contribution in [3.63, 3.8) is 0 Å². The molecule has 4 nitrogen and oxygen atoms in total. The molecule has 5 rings (SSSR count). The zero-order valence-corrected chi connectivity index (χ0v) is 17.5. The van der Waals surface area contributed by atoms with Crippen molar-refractivity contribution in [2.24, 2.45) is 0 Å². The van der Waals surface area contributed by atoms with Gasteiger partial charge in [0.2, 0.25) is 5.91 Å². The average Bonchev–Trinajstić information content (AvgIpc) is 3.07. The van der Waals surface area contributed by atoms with Gasteiger partial charge in [0, 0.05) is 35.1 Å². The van der Waals surface area contributed by atoms with E-state index < -0.39 is 5.41 Å². The molecule has 0 radical (unpaired) electrons. The van der Waals surface area contributed by atoms with E-state index in [9.17, 15) is 4.79 Å². The summed E-state index contributed by atoms with van der Waals surface area (Å²) >= 11 is 6.12. The number of nitrogens with one attached hydrogen (secondary N) is 1. The molecule has 152 valence electrons. The number of carbonyl (C=O) groups is 1. The highest BCUT2D eigenvalue weighted by molar-refractivity contribution is 6.30. The van der Waals surface area contributed by atoms with Crippen LogP contribution in [0, 0.1) is 0 Å². The fraction of sp³-hybridized carbons (Fsp3) is 0.115. The van der Waals surface area contributed by atoms with E-state index in [2.05, 4.69) is 27.4 Å². The maximum absolute atomic E-state index is 13.6. The molecule has 0 saturated carbocycles. The molecule has 0 fully saturated rings. The first-order chi connectivity index (χ1) is 15.2. The predicted octanol–water partition coefficient (Wildman–Crippen LogP) is 5.47. The molecule has 31 heavy (non-hydrogen) atoms. The lowest BCUT2D eigenvalue weighted by Crippen LogP contribution is -2.39. The summed E-state index contributed by atoms with van der Waals surface area (Å²) in [5.74, 6) is 0.565. The van der Waals surface area contributed by atoms with Crippen molar-refractivity contribution in [3.8, 4) is 11.1 Å². The number of anilines is 1. The first kappa shape index (κ1) is 19.5. The molecular weight excluding hydrogens is 406 g/mol. The Labute approximate surface area is 186 Å². The quantitative estimate of drug-likeness (QED) is 0.461. The van der Waals surface area contributed by atoms with E-state index in [0.717, 1.165) is 27.9 Å². The second-order valence-corrected chi connectivity index (χ2v) is 8.22. The topological polar surface area (TPSA) is 54.9 Å². The first-order valence-corrected chi connectivity index (χ1v) is 10.5. The largest absolute Gasteiger partial charge is 0.310 e. The number of fused-ring (bicyclic) bond motifs is 1. The fourth-order valence-electron chi connectivity index (χ4n) is 4.41. The first-order valence-electron chi connectivity index (χ1n) is 10.2. The van der Waals surface area contributed by atoms with Crippen LogP contribution in [0.15, 0.2) is 91.3 Å². The van der Waals surface area contributed by atoms with Gasteiger partial charge in [0.05, 0.1) is 5.41 Å². The van der Waals surface area contributed by atoms with Crippen molar-refractivity contribution < 1.29 is 4.79 Å². The second-order valence-electron chi connectivity index (χ2n) is 7.79. The van der Waals surface area contributed by atoms with E-state index >= 15 is 0 Å². The van der Waals surface area contributed by atoms with Gasteiger partial charge in [-0.05, 0) is 53.4 Å². The standard InChI is InChI=1S/C26H20ClN3O/c27-20-11-9-19(10-12-20)22-13-15-29-24-23(22)26(25(31)30-24,16-18-6-2-1-3-7-18)17-21-8-4-5-14-28-21/h1-15H,16-17H2,(H,29,30,31). The van der Waals surface area contributed by atoms with E-state index in [-0.39, 0.29) is 5.91 Å². The summed E-state index contributed by atoms with van der Waals surface area (Å²) in [7, 11) is 0. The number of hydrogen-bond acceptors (Lipinski definition) is 3. The Kier molecular flexibility index (Phi) is 5.00. The summed E-state index contributed by atoms with van der Waals surface area (Å²) < 4.78 is 0. The van der Waals surface area contributed by atoms with Crippen molar-refractivity contribution in [1.29, 1.82) is 0 Å². The van der Waals surface area contributed by atoms with Crippen molar-refractivity contribution in [2.45, 2.75) is 18.3 Å². The van der Waals surface area contributed by atoms with Gasteiger partial charge < -0.3 is 5.32 Å². The Hall–Kier alpha value is -3.50. The third-order valence-electron chi connectivity index (χ3n) is 5.81. The molecule has 0 saturated heterocycles. The summed E-state index contributed by atoms with van der Waals surface area (Å²) in [6, 6.07) is 25.6. The van der Waals surface area contributed by atoms with E-state index in [0.29, 0.717) is 23.7 Å². The fourth-order valence-corrected chi connectivity index (χ4v) is 4.53. The van der Waals surface area contributed by atoms with Crippen LogP contribution in [-0.4, -0.2) is 15.9 Å². The molecule has 4 aromatic rings. The van der Waals surface area contributed by atoms with Crippen molar-refractivity contribution >= 4 is 23.3 Å². The van der Waals surface area contributed by atoms with Gasteiger partial charge in [-0.1, -0.05) is 60.1 Å². The highest BCUT2D eigenvalue weighted by Crippen LogP contribution is 2.46. The van der Waals surface area contributed by atoms with Gasteiger partial charge >= 0.3 is 0 Å². The van der Waals surface area contributed by atoms with Crippen LogP contribution in [0.2, 0.25) is 5.02 Å². The minimum atomic E-state index is -0.825. The van der Waals surface area contributed by atoms with E-state index in [1.807, 2.05) is 66.7 Å². The van der Waals surface area contributed by atoms with Gasteiger partial charge in [0.15, 0.2) is 0 Å². The number of benzene rings is 2. The predicted molar refractivity (Wildman–Crippen MR) is 123 cm³/mol. The van der Waals surface area contributed by atoms with Crippen LogP contribution in [0.3, 0.4) is 0 Å². The summed E-state index contributed by atoms with van der Waals surface area (Å²) in [5, 5.41) is 3.72. The molecule has 0 aliphatic carbocycles. The number of nitrogens with zero attached hydrogens (tertiary/aromatic N) is 2. The number of rotatable bonds is 5. The maximum Gasteiger partial charge on any atom is 0.237 e. The monoisotopic (exact) mass is 425 g/mol. The molecule has 1 unspecified atom stereocenters. The van der Waals surface area contributed by atoms with Gasteiger partial charge in [0.25, 0.3) is 0 Å². The molecule has 1 amide bonds. The van der Waals surface area contributed by atoms with Crippen molar-refractivity contribution in [3.05, 3.63) is 113 Å². The van der Waals surface area contributed by atoms with Crippen LogP contribution in [0.1, 0.15) is 16.8 Å². The number of carbonyl (C=O) groups excluding carboxylic acids is 1. The highest BCUT2D eigenvalue weighted by atomic mass is 35.5. The normalized spacial score (nSPS) is 17.3. The van der Waals surface area contributed by atoms with Crippen LogP contribution in [0.5, 0.6) is 0 Å². The molecule has 2 aromatic carbocycles. The highest BCUT2D eigenvalue weighted by Gasteiger charge is 2.49. The molecule has 0 spiro atoms. The Balaban J connectivity index is 1.72. The third-order valence-corrected chi connectivity index (χ3v) is 6.06. The molecule has 3 heterocycles. The third kappa shape index (κ3) is 3.60. The summed E-state index contributed by atoms with van der Waals surface area (Å²) in [6.45, 7) is 0. The molecule has 0 bridgehead atoms. The Bertz CT molecular complexity index is 1180. The van der Waals surface area contributed by atoms with E-state index in [1.165, 1.54) is 0 Å². The van der Waals surface area contributed by atoms with Gasteiger partial charge in [0.1, 0.15) is 5.82 Å². The summed E-state index contributed by atoms with van der Waals surface area (Å²) in [5.41, 5.74) is 4.02. The summed E-state index contributed by atoms with van der Waals surface area (Å²) in [6.07, 6.45) is 4.54. The second kappa shape index (κ2) is 7.97. The zero-order valence-electron chi connectivity index (χ0n) is 16.8. The SMILES string of the molecule is O=C1Nc2nccc(-c3ccc(Cl)cc3)c2C1(Cc1ccccc1)Cc1ccccn1. The number of aromatic nitrogens is 2. The van der Waals surface area contributed by atoms with Gasteiger partial charge in [-0.3, -0.25) is 9.78 Å². The molecule has 5 heteroatoms. The van der Waals surface area contributed by atoms with Gasteiger partial charge in [-0.2, -0.15) is 0 Å². The lowest BCUT2D eigenvalue weighted by molar-refractivity contribution is -0.120. The van der Waals surface area contributed by atoms with Crippen LogP contribution < -0.4 is 5.32 Å². The number of hydrogen-bond donors (Lipinski definition) is 1. The minimum absolute atomic E-state index is 0.0501. The van der Waals surface area contributed by atoms with Gasteiger partial charge in [-0.15, -0.1) is 0 Å². The Morgan fingerprint density at radius 1 is 0.806 bits per heavy atom. The summed E-state index contributed by atoms with van der Waals surface area (Å²) in [4.78, 5) is 22.6. The van der Waals surface area contributed by atoms with E-state index in [1.54, 1.807) is 12.4 Å². The van der Waals surface area contributed by atoms with Crippen LogP contribution in [-0.2, 0) is 23.1 Å². The smallest absolute Gasteiger partial charge is 0.237 e. The van der Waals surface area contributed by atoms with Crippen molar-refractivity contribution in [2.75, 3.05) is 5.32 Å². The van der Waals surface area contributed by atoms with Crippen LogP contribution >= 0.6 is 11.6 Å². The minimum Gasteiger partial charge on any atom is -0.310 e. The zero-order chi connectivity index (χ0) is 21.3. The number of amides is 1. The average molecular weight is 426 g/mol. The molecule has 1 N–H and O–H groups in total. The lowest BCUT2D eigenvalue weighted by atomic mass is 9.71. The number of halogens is 1. The van der Waals surface area contributed by atoms with Gasteiger partial charge in [-0.25, -0.2) is 4.98 Å². The van der Waals surface area contributed by atoms with Crippen LogP contribution in [0.4, 0.5) is 5.82 Å². The maximum atomic E-state index is 13.6. The molecule has 1 aliphatic rings. The number of pyridine rings is 2. The van der Waals surface area contributed by atoms with E-state index in [4.69, 9.17) is 11.6 Å². The molecular formula is C26H20ClN3O. The Morgan fingerprint density at radius 3 is 2.32 bits per heavy atom. The van der Waals surface area contributed by atoms with Crippen molar-refractivity contribution in [1.82, 2.24) is 9.97 Å². The molecule has 1 atom stereocenters. The lowest BCUT2D eigenvalue weighted by Gasteiger charge is -2.29. The Morgan fingerprint density at radius 2 is 1.58 bits per heavy atom. The molecule has 1 aliphatic heterocycles.